The van der Waals surface area contributed by atoms with E-state index in [0.29, 0.717) is 12.1 Å². The average Bonchev–Trinajstić information content (AvgIpc) is 2.17. The van der Waals surface area contributed by atoms with E-state index in [0.717, 1.165) is 5.56 Å². The van der Waals surface area contributed by atoms with Gasteiger partial charge in [0.2, 0.25) is 5.91 Å². The summed E-state index contributed by atoms with van der Waals surface area (Å²) in [6, 6.07) is 1.79. The SMILES string of the molecule is CC(=O)NCC=Cc1cc(C)c[nH]c1=O. The molecule has 0 atom stereocenters. The summed E-state index contributed by atoms with van der Waals surface area (Å²) in [5.74, 6) is -0.0854. The fourth-order valence-electron chi connectivity index (χ4n) is 1.13. The molecule has 1 rings (SSSR count). The molecule has 1 aromatic heterocycles. The molecule has 0 aliphatic heterocycles. The normalized spacial score (nSPS) is 10.5. The van der Waals surface area contributed by atoms with Crippen LogP contribution in [-0.4, -0.2) is 17.4 Å². The molecule has 80 valence electrons. The number of carbonyl (C=O) groups is 1. The Hall–Kier alpha value is -1.84. The third-order valence-corrected chi connectivity index (χ3v) is 1.84. The van der Waals surface area contributed by atoms with Crippen LogP contribution in [0.25, 0.3) is 6.08 Å². The van der Waals surface area contributed by atoms with Gasteiger partial charge in [-0.1, -0.05) is 12.2 Å². The van der Waals surface area contributed by atoms with Gasteiger partial charge in [0.25, 0.3) is 5.56 Å². The molecule has 0 unspecified atom stereocenters. The van der Waals surface area contributed by atoms with Crippen molar-refractivity contribution >= 4 is 12.0 Å². The molecule has 4 nitrogen and oxygen atoms in total. The van der Waals surface area contributed by atoms with Crippen molar-refractivity contribution in [3.05, 3.63) is 39.8 Å². The Balaban J connectivity index is 2.67. The van der Waals surface area contributed by atoms with Gasteiger partial charge in [0.1, 0.15) is 0 Å². The van der Waals surface area contributed by atoms with Crippen molar-refractivity contribution in [1.29, 1.82) is 0 Å². The van der Waals surface area contributed by atoms with Gasteiger partial charge in [-0.05, 0) is 18.6 Å². The van der Waals surface area contributed by atoms with Gasteiger partial charge in [-0.15, -0.1) is 0 Å². The Labute approximate surface area is 88.0 Å². The minimum Gasteiger partial charge on any atom is -0.353 e. The lowest BCUT2D eigenvalue weighted by molar-refractivity contribution is -0.118. The van der Waals surface area contributed by atoms with Crippen LogP contribution in [-0.2, 0) is 4.79 Å². The Morgan fingerprint density at radius 1 is 1.60 bits per heavy atom. The van der Waals surface area contributed by atoms with Crippen LogP contribution in [0.3, 0.4) is 0 Å². The fraction of sp³-hybridized carbons (Fsp3) is 0.273. The second-order valence-electron chi connectivity index (χ2n) is 3.30. The van der Waals surface area contributed by atoms with Crippen molar-refractivity contribution in [3.8, 4) is 0 Å². The quantitative estimate of drug-likeness (QED) is 0.769. The van der Waals surface area contributed by atoms with E-state index in [2.05, 4.69) is 10.3 Å². The molecule has 0 fully saturated rings. The monoisotopic (exact) mass is 206 g/mol. The lowest BCUT2D eigenvalue weighted by atomic mass is 10.2. The highest BCUT2D eigenvalue weighted by Gasteiger charge is 1.94. The van der Waals surface area contributed by atoms with E-state index < -0.39 is 0 Å². The Morgan fingerprint density at radius 3 is 3.00 bits per heavy atom. The Kier molecular flexibility index (Phi) is 3.85. The number of aryl methyl sites for hydroxylation is 1. The number of H-pyrrole nitrogens is 1. The molecule has 1 amide bonds. The first-order valence-electron chi connectivity index (χ1n) is 4.70. The van der Waals surface area contributed by atoms with Crippen LogP contribution in [0.2, 0.25) is 0 Å². The van der Waals surface area contributed by atoms with Crippen LogP contribution < -0.4 is 10.9 Å². The molecule has 0 radical (unpaired) electrons. The second-order valence-corrected chi connectivity index (χ2v) is 3.30. The number of hydrogen-bond donors (Lipinski definition) is 2. The first-order chi connectivity index (χ1) is 7.09. The number of aromatic nitrogens is 1. The van der Waals surface area contributed by atoms with Crippen molar-refractivity contribution in [1.82, 2.24) is 10.3 Å². The Bertz CT molecular complexity index is 432. The number of nitrogens with one attached hydrogen (secondary N) is 2. The van der Waals surface area contributed by atoms with Crippen molar-refractivity contribution in [2.45, 2.75) is 13.8 Å². The number of amides is 1. The maximum atomic E-state index is 11.3. The summed E-state index contributed by atoms with van der Waals surface area (Å²) >= 11 is 0. The molecule has 0 aromatic carbocycles. The maximum Gasteiger partial charge on any atom is 0.255 e. The zero-order chi connectivity index (χ0) is 11.3. The highest BCUT2D eigenvalue weighted by molar-refractivity contribution is 5.73. The molecule has 0 spiro atoms. The maximum absolute atomic E-state index is 11.3. The van der Waals surface area contributed by atoms with E-state index in [1.54, 1.807) is 24.4 Å². The molecule has 0 saturated carbocycles. The summed E-state index contributed by atoms with van der Waals surface area (Å²) in [4.78, 5) is 24.5. The zero-order valence-corrected chi connectivity index (χ0v) is 8.83. The molecule has 4 heteroatoms. The van der Waals surface area contributed by atoms with Gasteiger partial charge >= 0.3 is 0 Å². The van der Waals surface area contributed by atoms with E-state index >= 15 is 0 Å². The van der Waals surface area contributed by atoms with Crippen LogP contribution in [0.4, 0.5) is 0 Å². The summed E-state index contributed by atoms with van der Waals surface area (Å²) in [5.41, 5.74) is 1.47. The standard InChI is InChI=1S/C11H14N2O2/c1-8-6-10(11(15)13-7-8)4-3-5-12-9(2)14/h3-4,6-7H,5H2,1-2H3,(H,12,14)(H,13,15). The van der Waals surface area contributed by atoms with Gasteiger partial charge in [-0.25, -0.2) is 0 Å². The average molecular weight is 206 g/mol. The molecule has 0 saturated heterocycles. The van der Waals surface area contributed by atoms with E-state index in [4.69, 9.17) is 0 Å². The summed E-state index contributed by atoms with van der Waals surface area (Å²) < 4.78 is 0. The Morgan fingerprint density at radius 2 is 2.33 bits per heavy atom. The van der Waals surface area contributed by atoms with Gasteiger partial charge < -0.3 is 10.3 Å². The van der Waals surface area contributed by atoms with Gasteiger partial charge in [-0.3, -0.25) is 9.59 Å². The lowest BCUT2D eigenvalue weighted by Gasteiger charge is -1.96. The molecule has 0 bridgehead atoms. The lowest BCUT2D eigenvalue weighted by Crippen LogP contribution is -2.19. The number of hydrogen-bond acceptors (Lipinski definition) is 2. The molecule has 0 aliphatic carbocycles. The van der Waals surface area contributed by atoms with Gasteiger partial charge in [0, 0.05) is 25.2 Å². The summed E-state index contributed by atoms with van der Waals surface area (Å²) in [6.07, 6.45) is 5.10. The van der Waals surface area contributed by atoms with Crippen LogP contribution in [0.1, 0.15) is 18.1 Å². The summed E-state index contributed by atoms with van der Waals surface area (Å²) in [5, 5.41) is 2.61. The van der Waals surface area contributed by atoms with Crippen LogP contribution >= 0.6 is 0 Å². The first-order valence-corrected chi connectivity index (χ1v) is 4.70. The second kappa shape index (κ2) is 5.14. The molecule has 1 aromatic rings. The van der Waals surface area contributed by atoms with Gasteiger partial charge in [0.05, 0.1) is 0 Å². The third-order valence-electron chi connectivity index (χ3n) is 1.84. The molecule has 2 N–H and O–H groups in total. The minimum absolute atomic E-state index is 0.0854. The zero-order valence-electron chi connectivity index (χ0n) is 8.83. The number of rotatable bonds is 3. The van der Waals surface area contributed by atoms with Crippen molar-refractivity contribution < 1.29 is 4.79 Å². The largest absolute Gasteiger partial charge is 0.353 e. The number of aromatic amines is 1. The van der Waals surface area contributed by atoms with Crippen LogP contribution in [0.15, 0.2) is 23.1 Å². The molecule has 0 aliphatic rings. The number of pyridine rings is 1. The van der Waals surface area contributed by atoms with Crippen LogP contribution in [0, 0.1) is 6.92 Å². The van der Waals surface area contributed by atoms with Gasteiger partial charge in [-0.2, -0.15) is 0 Å². The highest BCUT2D eigenvalue weighted by Crippen LogP contribution is 1.97. The van der Waals surface area contributed by atoms with E-state index in [1.807, 2.05) is 6.92 Å². The van der Waals surface area contributed by atoms with E-state index in [1.165, 1.54) is 6.92 Å². The molecular formula is C11H14N2O2. The van der Waals surface area contributed by atoms with Crippen LogP contribution in [0.5, 0.6) is 0 Å². The predicted molar refractivity (Wildman–Crippen MR) is 59.5 cm³/mol. The molecular weight excluding hydrogens is 192 g/mol. The summed E-state index contributed by atoms with van der Waals surface area (Å²) in [7, 11) is 0. The topological polar surface area (TPSA) is 62.0 Å². The fourth-order valence-corrected chi connectivity index (χ4v) is 1.13. The number of carbonyl (C=O) groups excluding carboxylic acids is 1. The highest BCUT2D eigenvalue weighted by atomic mass is 16.1. The summed E-state index contributed by atoms with van der Waals surface area (Å²) in [6.45, 7) is 3.79. The predicted octanol–water partition coefficient (Wildman–Crippen LogP) is 0.833. The minimum atomic E-state index is -0.125. The van der Waals surface area contributed by atoms with Crippen molar-refractivity contribution in [2.24, 2.45) is 0 Å². The van der Waals surface area contributed by atoms with E-state index in [-0.39, 0.29) is 11.5 Å². The molecule has 1 heterocycles. The first kappa shape index (κ1) is 11.2. The van der Waals surface area contributed by atoms with Crippen molar-refractivity contribution in [3.63, 3.8) is 0 Å². The molecule has 15 heavy (non-hydrogen) atoms. The third kappa shape index (κ3) is 3.81. The van der Waals surface area contributed by atoms with E-state index in [9.17, 15) is 9.59 Å². The smallest absolute Gasteiger partial charge is 0.255 e. The van der Waals surface area contributed by atoms with Crippen molar-refractivity contribution in [2.75, 3.05) is 6.54 Å². The van der Waals surface area contributed by atoms with Gasteiger partial charge in [0.15, 0.2) is 0 Å².